The van der Waals surface area contributed by atoms with E-state index in [0.29, 0.717) is 24.0 Å². The van der Waals surface area contributed by atoms with Crippen molar-refractivity contribution >= 4 is 24.0 Å². The molecule has 0 bridgehead atoms. The monoisotopic (exact) mass is 379 g/mol. The van der Waals surface area contributed by atoms with Gasteiger partial charge in [0.1, 0.15) is 11.9 Å². The lowest BCUT2D eigenvalue weighted by molar-refractivity contribution is -0.111. The molecule has 1 heterocycles. The average Bonchev–Trinajstić information content (AvgIpc) is 2.58. The molecule has 1 atom stereocenters. The van der Waals surface area contributed by atoms with E-state index in [9.17, 15) is 9.59 Å². The first-order chi connectivity index (χ1) is 12.2. The minimum Gasteiger partial charge on any atom is -0.444 e. The molecule has 0 radical (unpaired) electrons. The van der Waals surface area contributed by atoms with E-state index in [1.54, 1.807) is 4.90 Å². The van der Waals surface area contributed by atoms with Crippen LogP contribution in [-0.2, 0) is 16.0 Å². The third kappa shape index (κ3) is 5.73. The molecule has 1 aromatic rings. The molecule has 1 aliphatic rings. The predicted molar refractivity (Wildman–Crippen MR) is 105 cm³/mol. The van der Waals surface area contributed by atoms with Crippen molar-refractivity contribution < 1.29 is 14.3 Å². The molecule has 0 N–H and O–H groups in total. The molecule has 1 amide bonds. The van der Waals surface area contributed by atoms with Gasteiger partial charge in [0.05, 0.1) is 0 Å². The third-order valence-corrected chi connectivity index (χ3v) is 5.13. The van der Waals surface area contributed by atoms with Gasteiger partial charge < -0.3 is 14.4 Å². The van der Waals surface area contributed by atoms with Gasteiger partial charge in [-0.05, 0) is 75.6 Å². The molecule has 26 heavy (non-hydrogen) atoms. The van der Waals surface area contributed by atoms with Crippen LogP contribution in [-0.4, -0.2) is 36.0 Å². The summed E-state index contributed by atoms with van der Waals surface area (Å²) in [7, 11) is 0. The van der Waals surface area contributed by atoms with Gasteiger partial charge in [-0.2, -0.15) is 0 Å². The lowest BCUT2D eigenvalue weighted by Gasteiger charge is -2.34. The van der Waals surface area contributed by atoms with Crippen LogP contribution in [0.4, 0.5) is 4.79 Å². The van der Waals surface area contributed by atoms with Crippen LogP contribution in [0.5, 0.6) is 0 Å². The average molecular weight is 380 g/mol. The number of halogens is 1. The molecule has 5 heteroatoms. The molecule has 1 aliphatic heterocycles. The molecular formula is C21H30ClNO3. The summed E-state index contributed by atoms with van der Waals surface area (Å²) in [5.74, 6) is 0.402. The highest BCUT2D eigenvalue weighted by atomic mass is 35.5. The van der Waals surface area contributed by atoms with Gasteiger partial charge in [-0.1, -0.05) is 24.6 Å². The Hall–Kier alpha value is -1.55. The molecule has 1 saturated heterocycles. The number of rotatable bonds is 5. The molecule has 4 nitrogen and oxygen atoms in total. The zero-order chi connectivity index (χ0) is 19.3. The number of hydrogen-bond donors (Lipinski definition) is 0. The van der Waals surface area contributed by atoms with E-state index in [2.05, 4.69) is 6.07 Å². The minimum atomic E-state index is -0.471. The summed E-state index contributed by atoms with van der Waals surface area (Å²) in [4.78, 5) is 25.3. The van der Waals surface area contributed by atoms with Crippen molar-refractivity contribution in [2.75, 3.05) is 13.1 Å². The Balaban J connectivity index is 2.07. The summed E-state index contributed by atoms with van der Waals surface area (Å²) in [5.41, 5.74) is 1.95. The van der Waals surface area contributed by atoms with Gasteiger partial charge in [0, 0.05) is 24.0 Å². The molecule has 1 aromatic carbocycles. The lowest BCUT2D eigenvalue weighted by atomic mass is 9.84. The Labute approximate surface area is 161 Å². The normalized spacial score (nSPS) is 17.0. The van der Waals surface area contributed by atoms with Crippen LogP contribution in [0.1, 0.15) is 64.0 Å². The molecule has 1 unspecified atom stereocenters. The van der Waals surface area contributed by atoms with E-state index in [1.807, 2.05) is 39.8 Å². The fourth-order valence-electron chi connectivity index (χ4n) is 3.42. The molecule has 1 fully saturated rings. The number of ether oxygens (including phenoxy) is 1. The Morgan fingerprint density at radius 3 is 2.54 bits per heavy atom. The number of carbonyl (C=O) groups excluding carboxylic acids is 2. The Kier molecular flexibility index (Phi) is 7.10. The highest BCUT2D eigenvalue weighted by molar-refractivity contribution is 6.30. The second-order valence-electron chi connectivity index (χ2n) is 8.09. The molecule has 0 aromatic heterocycles. The number of nitrogens with zero attached hydrogens (tertiary/aromatic N) is 1. The topological polar surface area (TPSA) is 46.6 Å². The first-order valence-corrected chi connectivity index (χ1v) is 9.82. The first-order valence-electron chi connectivity index (χ1n) is 9.45. The maximum atomic E-state index is 12.2. The summed E-state index contributed by atoms with van der Waals surface area (Å²) < 4.78 is 5.47. The Bertz CT molecular complexity index is 631. The number of carbonyl (C=O) groups is 2. The number of likely N-dealkylation sites (tertiary alicyclic amines) is 1. The van der Waals surface area contributed by atoms with E-state index in [0.717, 1.165) is 37.5 Å². The second-order valence-corrected chi connectivity index (χ2v) is 8.53. The number of amides is 1. The molecule has 2 rings (SSSR count). The van der Waals surface area contributed by atoms with E-state index in [4.69, 9.17) is 16.3 Å². The van der Waals surface area contributed by atoms with Gasteiger partial charge in [0.2, 0.25) is 0 Å². The fourth-order valence-corrected chi connectivity index (χ4v) is 3.61. The standard InChI is InChI=1S/C21H30ClNO3/c1-5-15(14-24)12-17-13-18(22)6-7-19(17)16-8-10-23(11-9-16)20(25)26-21(2,3)4/h6-7,13-16H,5,8-12H2,1-4H3. The maximum absolute atomic E-state index is 12.2. The highest BCUT2D eigenvalue weighted by Crippen LogP contribution is 2.33. The van der Waals surface area contributed by atoms with E-state index in [-0.39, 0.29) is 12.0 Å². The third-order valence-electron chi connectivity index (χ3n) is 4.89. The SMILES string of the molecule is CCC(C=O)Cc1cc(Cl)ccc1C1CCN(C(=O)OC(C)(C)C)CC1. The summed E-state index contributed by atoms with van der Waals surface area (Å²) >= 11 is 6.19. The van der Waals surface area contributed by atoms with Crippen LogP contribution >= 0.6 is 11.6 Å². The summed E-state index contributed by atoms with van der Waals surface area (Å²) in [6.45, 7) is 9.06. The second kappa shape index (κ2) is 8.90. The van der Waals surface area contributed by atoms with E-state index >= 15 is 0 Å². The Morgan fingerprint density at radius 1 is 1.35 bits per heavy atom. The largest absolute Gasteiger partial charge is 0.444 e. The van der Waals surface area contributed by atoms with Crippen LogP contribution in [0.25, 0.3) is 0 Å². The summed E-state index contributed by atoms with van der Waals surface area (Å²) in [6, 6.07) is 5.99. The maximum Gasteiger partial charge on any atom is 0.410 e. The molecule has 0 saturated carbocycles. The van der Waals surface area contributed by atoms with Gasteiger partial charge >= 0.3 is 6.09 Å². The molecule has 0 spiro atoms. The van der Waals surface area contributed by atoms with Crippen LogP contribution in [0.15, 0.2) is 18.2 Å². The van der Waals surface area contributed by atoms with Gasteiger partial charge in [-0.25, -0.2) is 4.79 Å². The van der Waals surface area contributed by atoms with Gasteiger partial charge in [0.25, 0.3) is 0 Å². The van der Waals surface area contributed by atoms with Gasteiger partial charge in [-0.15, -0.1) is 0 Å². The molecular weight excluding hydrogens is 350 g/mol. The zero-order valence-electron chi connectivity index (χ0n) is 16.3. The van der Waals surface area contributed by atoms with Crippen LogP contribution in [0.3, 0.4) is 0 Å². The number of benzene rings is 1. The summed E-state index contributed by atoms with van der Waals surface area (Å²) in [5, 5.41) is 0.704. The smallest absolute Gasteiger partial charge is 0.410 e. The number of aldehydes is 1. The first kappa shape index (κ1) is 20.8. The minimum absolute atomic E-state index is 0.0223. The van der Waals surface area contributed by atoms with Gasteiger partial charge in [0.15, 0.2) is 0 Å². The van der Waals surface area contributed by atoms with Crippen molar-refractivity contribution in [1.82, 2.24) is 4.90 Å². The van der Waals surface area contributed by atoms with Crippen molar-refractivity contribution in [2.45, 2.75) is 64.9 Å². The molecule has 144 valence electrons. The van der Waals surface area contributed by atoms with Gasteiger partial charge in [-0.3, -0.25) is 0 Å². The highest BCUT2D eigenvalue weighted by Gasteiger charge is 2.28. The van der Waals surface area contributed by atoms with Crippen LogP contribution < -0.4 is 0 Å². The zero-order valence-corrected chi connectivity index (χ0v) is 17.0. The fraction of sp³-hybridized carbons (Fsp3) is 0.619. The van der Waals surface area contributed by atoms with E-state index in [1.165, 1.54) is 5.56 Å². The number of hydrogen-bond acceptors (Lipinski definition) is 3. The molecule has 0 aliphatic carbocycles. The lowest BCUT2D eigenvalue weighted by Crippen LogP contribution is -2.41. The van der Waals surface area contributed by atoms with E-state index < -0.39 is 5.60 Å². The van der Waals surface area contributed by atoms with Crippen LogP contribution in [0, 0.1) is 5.92 Å². The quantitative estimate of drug-likeness (QED) is 0.658. The number of piperidine rings is 1. The van der Waals surface area contributed by atoms with Crippen molar-refractivity contribution in [3.05, 3.63) is 34.3 Å². The van der Waals surface area contributed by atoms with Crippen LogP contribution in [0.2, 0.25) is 5.02 Å². The van der Waals surface area contributed by atoms with Crippen molar-refractivity contribution in [3.63, 3.8) is 0 Å². The van der Waals surface area contributed by atoms with Crippen molar-refractivity contribution in [2.24, 2.45) is 5.92 Å². The summed E-state index contributed by atoms with van der Waals surface area (Å²) in [6.07, 6.45) is 4.14. The Morgan fingerprint density at radius 2 is 2.00 bits per heavy atom. The predicted octanol–water partition coefficient (Wildman–Crippen LogP) is 5.22. The van der Waals surface area contributed by atoms with Crippen molar-refractivity contribution in [1.29, 1.82) is 0 Å². The van der Waals surface area contributed by atoms with Crippen molar-refractivity contribution in [3.8, 4) is 0 Å².